The van der Waals surface area contributed by atoms with Gasteiger partial charge in [-0.25, -0.2) is 4.79 Å². The minimum atomic E-state index is -0.301. The number of rotatable bonds is 5. The third kappa shape index (κ3) is 4.38. The minimum Gasteiger partial charge on any atom is -0.463 e. The van der Waals surface area contributed by atoms with Crippen LogP contribution >= 0.6 is 0 Å². The minimum absolute atomic E-state index is 0.301. The summed E-state index contributed by atoms with van der Waals surface area (Å²) < 4.78 is 5.02. The molecule has 1 atom stereocenters. The topological polar surface area (TPSA) is 26.3 Å². The second kappa shape index (κ2) is 6.72. The van der Waals surface area contributed by atoms with E-state index in [4.69, 9.17) is 4.74 Å². The Morgan fingerprint density at radius 3 is 2.62 bits per heavy atom. The van der Waals surface area contributed by atoms with Crippen LogP contribution in [-0.4, -0.2) is 12.6 Å². The van der Waals surface area contributed by atoms with Crippen LogP contribution in [0.5, 0.6) is 0 Å². The summed E-state index contributed by atoms with van der Waals surface area (Å²) in [5.41, 5.74) is 0. The van der Waals surface area contributed by atoms with Gasteiger partial charge in [-0.2, -0.15) is 0 Å². The smallest absolute Gasteiger partial charge is 0.330 e. The first kappa shape index (κ1) is 13.3. The highest BCUT2D eigenvalue weighted by atomic mass is 16.5. The van der Waals surface area contributed by atoms with E-state index in [1.807, 2.05) is 0 Å². The van der Waals surface area contributed by atoms with Crippen molar-refractivity contribution in [3.8, 4) is 0 Å². The van der Waals surface area contributed by atoms with Crippen molar-refractivity contribution in [1.82, 2.24) is 0 Å². The second-order valence-electron chi connectivity index (χ2n) is 5.16. The van der Waals surface area contributed by atoms with Crippen molar-refractivity contribution < 1.29 is 9.53 Å². The van der Waals surface area contributed by atoms with Crippen LogP contribution in [0.25, 0.3) is 0 Å². The third-order valence-corrected chi connectivity index (χ3v) is 3.85. The van der Waals surface area contributed by atoms with Gasteiger partial charge in [-0.15, -0.1) is 0 Å². The summed E-state index contributed by atoms with van der Waals surface area (Å²) in [5.74, 6) is 2.11. The predicted molar refractivity (Wildman–Crippen MR) is 66.1 cm³/mol. The molecule has 0 aromatic heterocycles. The molecule has 0 bridgehead atoms. The molecule has 0 saturated heterocycles. The molecule has 1 aliphatic carbocycles. The van der Waals surface area contributed by atoms with Crippen molar-refractivity contribution in [1.29, 1.82) is 0 Å². The van der Waals surface area contributed by atoms with Gasteiger partial charge in [0.25, 0.3) is 0 Å². The second-order valence-corrected chi connectivity index (χ2v) is 5.16. The summed E-state index contributed by atoms with van der Waals surface area (Å²) in [7, 11) is 0. The fourth-order valence-electron chi connectivity index (χ4n) is 2.49. The van der Waals surface area contributed by atoms with E-state index in [-0.39, 0.29) is 5.97 Å². The lowest BCUT2D eigenvalue weighted by Gasteiger charge is -2.30. The van der Waals surface area contributed by atoms with E-state index < -0.39 is 0 Å². The van der Waals surface area contributed by atoms with Crippen LogP contribution in [0, 0.1) is 17.8 Å². The highest BCUT2D eigenvalue weighted by Crippen LogP contribution is 2.34. The van der Waals surface area contributed by atoms with Crippen molar-refractivity contribution in [3.63, 3.8) is 0 Å². The molecule has 2 heteroatoms. The zero-order valence-corrected chi connectivity index (χ0v) is 10.6. The molecule has 0 aromatic carbocycles. The molecule has 0 spiro atoms. The van der Waals surface area contributed by atoms with Crippen molar-refractivity contribution >= 4 is 5.97 Å². The summed E-state index contributed by atoms with van der Waals surface area (Å²) >= 11 is 0. The number of hydrogen-bond acceptors (Lipinski definition) is 2. The molecule has 0 amide bonds. The van der Waals surface area contributed by atoms with Crippen molar-refractivity contribution in [2.75, 3.05) is 6.61 Å². The van der Waals surface area contributed by atoms with Crippen molar-refractivity contribution in [2.24, 2.45) is 17.8 Å². The molecule has 2 nitrogen and oxygen atoms in total. The normalized spacial score (nSPS) is 27.1. The van der Waals surface area contributed by atoms with Gasteiger partial charge in [-0.05, 0) is 37.0 Å². The van der Waals surface area contributed by atoms with Crippen molar-refractivity contribution in [2.45, 2.75) is 46.0 Å². The highest BCUT2D eigenvalue weighted by Gasteiger charge is 2.22. The maximum absolute atomic E-state index is 10.9. The highest BCUT2D eigenvalue weighted by molar-refractivity contribution is 5.81. The zero-order chi connectivity index (χ0) is 12.0. The first-order chi connectivity index (χ1) is 7.63. The third-order valence-electron chi connectivity index (χ3n) is 3.85. The maximum Gasteiger partial charge on any atom is 0.330 e. The number of carbonyl (C=O) groups excluding carboxylic acids is 1. The molecule has 0 N–H and O–H groups in total. The van der Waals surface area contributed by atoms with Crippen LogP contribution < -0.4 is 0 Å². The molecule has 16 heavy (non-hydrogen) atoms. The van der Waals surface area contributed by atoms with Gasteiger partial charge in [0.15, 0.2) is 0 Å². The Kier molecular flexibility index (Phi) is 5.58. The molecule has 0 radical (unpaired) electrons. The average molecular weight is 224 g/mol. The van der Waals surface area contributed by atoms with E-state index in [9.17, 15) is 4.79 Å². The fraction of sp³-hybridized carbons (Fsp3) is 0.786. The lowest BCUT2D eigenvalue weighted by Crippen LogP contribution is -2.20. The lowest BCUT2D eigenvalue weighted by atomic mass is 9.76. The first-order valence-electron chi connectivity index (χ1n) is 6.42. The Morgan fingerprint density at radius 1 is 1.44 bits per heavy atom. The zero-order valence-electron chi connectivity index (χ0n) is 10.6. The van der Waals surface area contributed by atoms with E-state index in [1.165, 1.54) is 31.8 Å². The largest absolute Gasteiger partial charge is 0.463 e. The van der Waals surface area contributed by atoms with Gasteiger partial charge in [-0.3, -0.25) is 0 Å². The summed E-state index contributed by atoms with van der Waals surface area (Å²) in [6.45, 7) is 8.54. The van der Waals surface area contributed by atoms with E-state index in [2.05, 4.69) is 20.4 Å². The summed E-state index contributed by atoms with van der Waals surface area (Å²) in [6.07, 6.45) is 7.63. The van der Waals surface area contributed by atoms with Gasteiger partial charge in [0.2, 0.25) is 0 Å². The Morgan fingerprint density at radius 2 is 2.06 bits per heavy atom. The number of ether oxygens (including phenoxy) is 1. The first-order valence-corrected chi connectivity index (χ1v) is 6.42. The molecule has 1 aliphatic rings. The molecule has 92 valence electrons. The standard InChI is InChI=1S/C14H24O2/c1-4-14(15)16-10-9-12(3)13-7-5-11(2)6-8-13/h4,11-13H,1,5-10H2,2-3H3. The Hall–Kier alpha value is -0.790. The predicted octanol–water partition coefficient (Wildman–Crippen LogP) is 3.57. The van der Waals surface area contributed by atoms with Crippen LogP contribution in [0.3, 0.4) is 0 Å². The number of carbonyl (C=O) groups is 1. The maximum atomic E-state index is 10.9. The van der Waals surface area contributed by atoms with E-state index in [0.717, 1.165) is 18.3 Å². The van der Waals surface area contributed by atoms with Gasteiger partial charge in [0, 0.05) is 6.08 Å². The quantitative estimate of drug-likeness (QED) is 0.527. The molecule has 1 fully saturated rings. The van der Waals surface area contributed by atoms with Gasteiger partial charge in [0.1, 0.15) is 0 Å². The SMILES string of the molecule is C=CC(=O)OCCC(C)C1CCC(C)CC1. The van der Waals surface area contributed by atoms with Crippen molar-refractivity contribution in [3.05, 3.63) is 12.7 Å². The van der Waals surface area contributed by atoms with Gasteiger partial charge in [-0.1, -0.05) is 33.3 Å². The van der Waals surface area contributed by atoms with Crippen LogP contribution in [0.1, 0.15) is 46.0 Å². The Balaban J connectivity index is 2.17. The summed E-state index contributed by atoms with van der Waals surface area (Å²) in [5, 5.41) is 0. The van der Waals surface area contributed by atoms with E-state index >= 15 is 0 Å². The van der Waals surface area contributed by atoms with Gasteiger partial charge < -0.3 is 4.74 Å². The molecule has 1 unspecified atom stereocenters. The van der Waals surface area contributed by atoms with E-state index in [1.54, 1.807) is 0 Å². The van der Waals surface area contributed by atoms with Gasteiger partial charge >= 0.3 is 5.97 Å². The summed E-state index contributed by atoms with van der Waals surface area (Å²) in [4.78, 5) is 10.9. The van der Waals surface area contributed by atoms with Crippen LogP contribution in [0.2, 0.25) is 0 Å². The van der Waals surface area contributed by atoms with E-state index in [0.29, 0.717) is 12.5 Å². The lowest BCUT2D eigenvalue weighted by molar-refractivity contribution is -0.138. The molecule has 1 saturated carbocycles. The van der Waals surface area contributed by atoms with Crippen LogP contribution in [0.4, 0.5) is 0 Å². The van der Waals surface area contributed by atoms with Crippen LogP contribution in [0.15, 0.2) is 12.7 Å². The molecule has 0 aliphatic heterocycles. The van der Waals surface area contributed by atoms with Gasteiger partial charge in [0.05, 0.1) is 6.61 Å². The molecular weight excluding hydrogens is 200 g/mol. The Labute approximate surface area is 99.1 Å². The number of hydrogen-bond donors (Lipinski definition) is 0. The van der Waals surface area contributed by atoms with Crippen LogP contribution in [-0.2, 0) is 9.53 Å². The Bertz CT molecular complexity index is 227. The molecule has 0 aromatic rings. The molecule has 1 rings (SSSR count). The monoisotopic (exact) mass is 224 g/mol. The fourth-order valence-corrected chi connectivity index (χ4v) is 2.49. The number of esters is 1. The molecular formula is C14H24O2. The summed E-state index contributed by atoms with van der Waals surface area (Å²) in [6, 6.07) is 0. The molecule has 0 heterocycles. The average Bonchev–Trinajstić information content (AvgIpc) is 2.29.